The molecule has 2 amide bonds. The summed E-state index contributed by atoms with van der Waals surface area (Å²) in [6.07, 6.45) is 4.27. The summed E-state index contributed by atoms with van der Waals surface area (Å²) in [6.45, 7) is 3.47. The first-order valence-electron chi connectivity index (χ1n) is 13.3. The van der Waals surface area contributed by atoms with E-state index in [0.717, 1.165) is 12.8 Å². The lowest BCUT2D eigenvalue weighted by Crippen LogP contribution is -2.37. The highest BCUT2D eigenvalue weighted by Crippen LogP contribution is 2.37. The van der Waals surface area contributed by atoms with Gasteiger partial charge in [0.2, 0.25) is 0 Å². The number of carbonyl (C=O) groups excluding carboxylic acids is 2. The number of aromatic nitrogens is 4. The van der Waals surface area contributed by atoms with Crippen molar-refractivity contribution in [2.24, 2.45) is 5.73 Å². The number of hydrogen-bond acceptors (Lipinski definition) is 7. The molecule has 3 heterocycles. The Kier molecular flexibility index (Phi) is 7.47. The van der Waals surface area contributed by atoms with Gasteiger partial charge in [0.05, 0.1) is 41.6 Å². The fraction of sp³-hybridized carbons (Fsp3) is 0.448. The largest absolute Gasteiger partial charge is 0.383 e. The van der Waals surface area contributed by atoms with E-state index in [-0.39, 0.29) is 42.1 Å². The van der Waals surface area contributed by atoms with Gasteiger partial charge in [-0.15, -0.1) is 0 Å². The van der Waals surface area contributed by atoms with Gasteiger partial charge in [-0.25, -0.2) is 14.1 Å². The Balaban J connectivity index is 1.49. The lowest BCUT2D eigenvalue weighted by molar-refractivity contribution is -0.126. The van der Waals surface area contributed by atoms with Crippen LogP contribution in [-0.2, 0) is 9.53 Å². The number of carbonyl (C=O) groups is 2. The summed E-state index contributed by atoms with van der Waals surface area (Å²) >= 11 is 0. The van der Waals surface area contributed by atoms with E-state index in [1.807, 2.05) is 4.57 Å². The fourth-order valence-electron chi connectivity index (χ4n) is 5.12. The SMILES string of the molecule is CNc1c(C(N)=O)c(C#Cc2cc3ncn(C4CC4)c3cc2F)nn1[C@H]1C[C@H](COC)N(C(=O)C#CC(C)(C)O)C1. The Bertz CT molecular complexity index is 1640. The number of rotatable bonds is 6. The van der Waals surface area contributed by atoms with Gasteiger partial charge in [0, 0.05) is 32.8 Å². The fourth-order valence-corrected chi connectivity index (χ4v) is 5.12. The molecule has 1 saturated heterocycles. The summed E-state index contributed by atoms with van der Waals surface area (Å²) in [7, 11) is 3.16. The van der Waals surface area contributed by atoms with Gasteiger partial charge in [-0.05, 0) is 51.0 Å². The van der Waals surface area contributed by atoms with E-state index in [0.29, 0.717) is 29.3 Å². The first-order valence-corrected chi connectivity index (χ1v) is 13.3. The van der Waals surface area contributed by atoms with Crippen molar-refractivity contribution >= 4 is 28.7 Å². The zero-order valence-corrected chi connectivity index (χ0v) is 23.4. The summed E-state index contributed by atoms with van der Waals surface area (Å²) in [5.74, 6) is 9.31. The summed E-state index contributed by atoms with van der Waals surface area (Å²) in [5, 5.41) is 17.5. The van der Waals surface area contributed by atoms with Crippen LogP contribution in [0.5, 0.6) is 0 Å². The van der Waals surface area contributed by atoms with Gasteiger partial charge in [-0.2, -0.15) is 5.10 Å². The first-order chi connectivity index (χ1) is 19.5. The molecule has 11 nitrogen and oxygen atoms in total. The van der Waals surface area contributed by atoms with Crippen LogP contribution in [0.25, 0.3) is 11.0 Å². The number of likely N-dealkylation sites (tertiary alicyclic amines) is 1. The van der Waals surface area contributed by atoms with Gasteiger partial charge in [0.15, 0.2) is 5.69 Å². The average Bonchev–Trinajstić information content (AvgIpc) is 3.37. The number of benzene rings is 1. The number of nitrogens with zero attached hydrogens (tertiary/aromatic N) is 5. The van der Waals surface area contributed by atoms with Gasteiger partial charge >= 0.3 is 0 Å². The van der Waals surface area contributed by atoms with Crippen LogP contribution in [0, 0.1) is 29.5 Å². The third-order valence-electron chi connectivity index (χ3n) is 7.15. The summed E-state index contributed by atoms with van der Waals surface area (Å²) < 4.78 is 23.9. The van der Waals surface area contributed by atoms with E-state index < -0.39 is 23.2 Å². The molecule has 2 atom stereocenters. The van der Waals surface area contributed by atoms with E-state index >= 15 is 4.39 Å². The molecule has 12 heteroatoms. The zero-order chi connectivity index (χ0) is 29.5. The Labute approximate surface area is 236 Å². The molecule has 0 unspecified atom stereocenters. The number of aliphatic hydroxyl groups is 1. The van der Waals surface area contributed by atoms with E-state index in [2.05, 4.69) is 39.1 Å². The van der Waals surface area contributed by atoms with E-state index in [1.165, 1.54) is 27.0 Å². The molecule has 0 radical (unpaired) electrons. The minimum absolute atomic E-state index is 0.0642. The number of hydrogen-bond donors (Lipinski definition) is 3. The molecule has 214 valence electrons. The highest BCUT2D eigenvalue weighted by molar-refractivity contribution is 6.00. The normalized spacial score (nSPS) is 18.5. The third-order valence-corrected chi connectivity index (χ3v) is 7.15. The maximum absolute atomic E-state index is 15.0. The molecule has 2 aliphatic rings. The molecular formula is C29H32FN7O4. The second-order valence-corrected chi connectivity index (χ2v) is 10.9. The van der Waals surface area contributed by atoms with Crippen LogP contribution in [-0.4, -0.2) is 80.1 Å². The molecule has 41 heavy (non-hydrogen) atoms. The van der Waals surface area contributed by atoms with Crippen molar-refractivity contribution in [1.29, 1.82) is 0 Å². The molecule has 2 aromatic heterocycles. The number of nitrogens with one attached hydrogen (secondary N) is 1. The number of fused-ring (bicyclic) bond motifs is 1. The van der Waals surface area contributed by atoms with Crippen LogP contribution in [0.3, 0.4) is 0 Å². The maximum atomic E-state index is 15.0. The van der Waals surface area contributed by atoms with Gasteiger partial charge in [0.25, 0.3) is 11.8 Å². The van der Waals surface area contributed by atoms with E-state index in [4.69, 9.17) is 10.5 Å². The minimum atomic E-state index is -1.32. The van der Waals surface area contributed by atoms with Crippen LogP contribution >= 0.6 is 0 Å². The number of halogens is 1. The third kappa shape index (κ3) is 5.75. The molecule has 1 aromatic carbocycles. The van der Waals surface area contributed by atoms with Crippen molar-refractivity contribution in [2.75, 3.05) is 32.6 Å². The number of methoxy groups -OCH3 is 1. The molecule has 0 spiro atoms. The Morgan fingerprint density at radius 2 is 2.02 bits per heavy atom. The number of amides is 2. The number of anilines is 1. The lowest BCUT2D eigenvalue weighted by Gasteiger charge is -2.21. The van der Waals surface area contributed by atoms with E-state index in [1.54, 1.807) is 29.0 Å². The zero-order valence-electron chi connectivity index (χ0n) is 23.4. The first kappa shape index (κ1) is 28.1. The van der Waals surface area contributed by atoms with Crippen molar-refractivity contribution < 1.29 is 23.8 Å². The number of primary amides is 1. The number of imidazole rings is 1. The Morgan fingerprint density at radius 1 is 1.27 bits per heavy atom. The quantitative estimate of drug-likeness (QED) is 0.390. The van der Waals surface area contributed by atoms with Crippen molar-refractivity contribution in [3.8, 4) is 23.7 Å². The lowest BCUT2D eigenvalue weighted by atomic mass is 10.1. The summed E-state index contributed by atoms with van der Waals surface area (Å²) in [4.78, 5) is 31.4. The molecule has 3 aromatic rings. The van der Waals surface area contributed by atoms with Gasteiger partial charge in [0.1, 0.15) is 22.8 Å². The van der Waals surface area contributed by atoms with Gasteiger partial charge < -0.3 is 30.4 Å². The second-order valence-electron chi connectivity index (χ2n) is 10.9. The molecule has 1 aliphatic heterocycles. The van der Waals surface area contributed by atoms with E-state index in [9.17, 15) is 14.7 Å². The van der Waals surface area contributed by atoms with Crippen molar-refractivity contribution in [1.82, 2.24) is 24.2 Å². The summed E-state index contributed by atoms with van der Waals surface area (Å²) in [6, 6.07) is 2.69. The van der Waals surface area contributed by atoms with Crippen LogP contribution in [0.2, 0.25) is 0 Å². The van der Waals surface area contributed by atoms with Crippen molar-refractivity contribution in [2.45, 2.75) is 56.8 Å². The number of ether oxygens (including phenoxy) is 1. The summed E-state index contributed by atoms with van der Waals surface area (Å²) in [5.41, 5.74) is 6.03. The highest BCUT2D eigenvalue weighted by atomic mass is 19.1. The van der Waals surface area contributed by atoms with Gasteiger partial charge in [-0.3, -0.25) is 9.59 Å². The molecule has 4 N–H and O–H groups in total. The molecule has 0 bridgehead atoms. The Hall–Kier alpha value is -4.39. The predicted molar refractivity (Wildman–Crippen MR) is 149 cm³/mol. The topological polar surface area (TPSA) is 141 Å². The molecule has 1 saturated carbocycles. The molecule has 5 rings (SSSR count). The Morgan fingerprint density at radius 3 is 2.66 bits per heavy atom. The second kappa shape index (κ2) is 10.9. The van der Waals surface area contributed by atoms with Crippen LogP contribution in [0.1, 0.15) is 66.8 Å². The standard InChI is InChI=1S/C29H32FN7O4/c1-29(2,40)10-9-25(38)35-14-19(12-20(35)15-41-4)37-28(32-3)26(27(31)39)22(34-37)8-5-17-11-23-24(13-21(17)30)36(16-33-23)18-6-7-18/h11,13,16,18-20,32,40H,6-7,12,14-15H2,1-4H3,(H2,31,39)/t19-,20+/m0/s1. The molecule has 1 aliphatic carbocycles. The minimum Gasteiger partial charge on any atom is -0.383 e. The van der Waals surface area contributed by atoms with Crippen molar-refractivity contribution in [3.05, 3.63) is 41.1 Å². The number of nitrogens with two attached hydrogens (primary N) is 1. The smallest absolute Gasteiger partial charge is 0.298 e. The van der Waals surface area contributed by atoms with Crippen LogP contribution in [0.4, 0.5) is 10.2 Å². The highest BCUT2D eigenvalue weighted by Gasteiger charge is 2.38. The average molecular weight is 562 g/mol. The predicted octanol–water partition coefficient (Wildman–Crippen LogP) is 1.81. The van der Waals surface area contributed by atoms with Crippen LogP contribution in [0.15, 0.2) is 18.5 Å². The van der Waals surface area contributed by atoms with Crippen molar-refractivity contribution in [3.63, 3.8) is 0 Å². The van der Waals surface area contributed by atoms with Crippen LogP contribution < -0.4 is 11.1 Å². The maximum Gasteiger partial charge on any atom is 0.298 e. The molecule has 2 fully saturated rings. The molecular weight excluding hydrogens is 529 g/mol. The van der Waals surface area contributed by atoms with Gasteiger partial charge in [-0.1, -0.05) is 11.8 Å². The monoisotopic (exact) mass is 561 g/mol.